The first kappa shape index (κ1) is 24.1. The fourth-order valence-electron chi connectivity index (χ4n) is 4.20. The molecule has 1 saturated heterocycles. The molecule has 2 aliphatic heterocycles. The maximum atomic E-state index is 14.2. The van der Waals surface area contributed by atoms with E-state index in [1.54, 1.807) is 0 Å². The Hall–Kier alpha value is -2.00. The zero-order chi connectivity index (χ0) is 23.4. The molecule has 0 N–H and O–H groups in total. The van der Waals surface area contributed by atoms with E-state index in [0.717, 1.165) is 16.3 Å². The largest absolute Gasteiger partial charge is 0.371 e. The lowest BCUT2D eigenvalue weighted by atomic mass is 9.87. The van der Waals surface area contributed by atoms with Crippen molar-refractivity contribution in [3.05, 3.63) is 71.8 Å². The van der Waals surface area contributed by atoms with Crippen LogP contribution in [-0.4, -0.2) is 60.4 Å². The van der Waals surface area contributed by atoms with E-state index in [2.05, 4.69) is 0 Å². The summed E-state index contributed by atoms with van der Waals surface area (Å²) in [5.74, 6) is -0.337. The Balaban J connectivity index is 1.54. The molecule has 0 amide bonds. The quantitative estimate of drug-likeness (QED) is 0.547. The normalized spacial score (nSPS) is 27.8. The van der Waals surface area contributed by atoms with Gasteiger partial charge >= 0.3 is 0 Å². The van der Waals surface area contributed by atoms with Crippen LogP contribution in [0.15, 0.2) is 65.7 Å². The summed E-state index contributed by atoms with van der Waals surface area (Å²) >= 11 is 1.45. The van der Waals surface area contributed by atoms with Crippen LogP contribution in [0.4, 0.5) is 8.78 Å². The van der Waals surface area contributed by atoms with E-state index in [4.69, 9.17) is 19.2 Å². The Bertz CT molecular complexity index is 916. The van der Waals surface area contributed by atoms with Crippen LogP contribution in [0.3, 0.4) is 0 Å². The first-order valence-corrected chi connectivity index (χ1v) is 12.0. The smallest absolute Gasteiger partial charge is 0.266 e. The molecule has 0 spiro atoms. The number of nitrogens with zero attached hydrogens (tertiary/aromatic N) is 2. The summed E-state index contributed by atoms with van der Waals surface area (Å²) in [5.41, 5.74) is 1.47. The topological polar surface area (TPSA) is 43.3 Å². The molecule has 2 heterocycles. The standard InChI is InChI=1S/C25H30F2N2O3S/c1-16-20(30-14-17-10-6-4-7-11-17)19-24(33-25(28-19)29(2)3)32-21(16)22(23(26)27)31-15-18-12-8-5-9-13-18/h4-13,16,19-24H,14-15H2,1-3H3/t16-,19+,20-,21-,22?,24+/m0/s1. The van der Waals surface area contributed by atoms with E-state index in [1.165, 1.54) is 11.8 Å². The summed E-state index contributed by atoms with van der Waals surface area (Å²) in [6.45, 7) is 2.37. The lowest BCUT2D eigenvalue weighted by molar-refractivity contribution is -0.207. The summed E-state index contributed by atoms with van der Waals surface area (Å²) in [6.07, 6.45) is -5.25. The molecule has 0 aliphatic carbocycles. The molecule has 0 radical (unpaired) electrons. The van der Waals surface area contributed by atoms with Crippen LogP contribution in [-0.2, 0) is 27.4 Å². The third-order valence-electron chi connectivity index (χ3n) is 5.95. The second-order valence-corrected chi connectivity index (χ2v) is 9.67. The number of alkyl halides is 2. The second-order valence-electron chi connectivity index (χ2n) is 8.60. The van der Waals surface area contributed by atoms with Crippen molar-refractivity contribution in [2.45, 2.75) is 56.4 Å². The lowest BCUT2D eigenvalue weighted by Crippen LogP contribution is -2.56. The molecule has 2 aromatic rings. The van der Waals surface area contributed by atoms with Crippen molar-refractivity contribution in [1.82, 2.24) is 4.90 Å². The Kier molecular flexibility index (Phi) is 8.01. The molecule has 5 nitrogen and oxygen atoms in total. The highest BCUT2D eigenvalue weighted by atomic mass is 32.2. The Labute approximate surface area is 198 Å². The molecule has 8 heteroatoms. The number of fused-ring (bicyclic) bond motifs is 1. The Morgan fingerprint density at radius 2 is 1.61 bits per heavy atom. The number of amidine groups is 1. The molecular formula is C25H30F2N2O3S. The van der Waals surface area contributed by atoms with Crippen LogP contribution in [0.2, 0.25) is 0 Å². The summed E-state index contributed by atoms with van der Waals surface area (Å²) in [5, 5.41) is 0.810. The molecule has 1 fully saturated rings. The van der Waals surface area contributed by atoms with Gasteiger partial charge in [0.05, 0.1) is 25.4 Å². The van der Waals surface area contributed by atoms with E-state index >= 15 is 0 Å². The number of hydrogen-bond acceptors (Lipinski definition) is 6. The van der Waals surface area contributed by atoms with Gasteiger partial charge in [-0.25, -0.2) is 8.78 Å². The molecule has 0 aromatic heterocycles. The molecule has 0 saturated carbocycles. The van der Waals surface area contributed by atoms with Crippen LogP contribution in [0.25, 0.3) is 0 Å². The van der Waals surface area contributed by atoms with Gasteiger partial charge in [-0.2, -0.15) is 0 Å². The molecule has 2 aliphatic rings. The van der Waals surface area contributed by atoms with Gasteiger partial charge in [0, 0.05) is 20.0 Å². The van der Waals surface area contributed by atoms with Crippen molar-refractivity contribution in [3.8, 4) is 0 Å². The van der Waals surface area contributed by atoms with Crippen LogP contribution in [0, 0.1) is 5.92 Å². The molecule has 0 bridgehead atoms. The number of aliphatic imine (C=N–C) groups is 1. The summed E-state index contributed by atoms with van der Waals surface area (Å²) in [7, 11) is 3.82. The van der Waals surface area contributed by atoms with Crippen molar-refractivity contribution in [1.29, 1.82) is 0 Å². The van der Waals surface area contributed by atoms with Crippen molar-refractivity contribution in [2.24, 2.45) is 10.9 Å². The van der Waals surface area contributed by atoms with Gasteiger partial charge in [-0.15, -0.1) is 0 Å². The lowest BCUT2D eigenvalue weighted by Gasteiger charge is -2.44. The molecule has 2 aromatic carbocycles. The third kappa shape index (κ3) is 5.74. The van der Waals surface area contributed by atoms with Gasteiger partial charge in [0.15, 0.2) is 5.17 Å². The van der Waals surface area contributed by atoms with E-state index in [1.807, 2.05) is 86.6 Å². The van der Waals surface area contributed by atoms with E-state index in [9.17, 15) is 8.78 Å². The monoisotopic (exact) mass is 476 g/mol. The summed E-state index contributed by atoms with van der Waals surface area (Å²) < 4.78 is 46.7. The Morgan fingerprint density at radius 3 is 2.18 bits per heavy atom. The number of ether oxygens (including phenoxy) is 3. The highest BCUT2D eigenvalue weighted by Crippen LogP contribution is 2.42. The zero-order valence-electron chi connectivity index (χ0n) is 19.0. The predicted molar refractivity (Wildman–Crippen MR) is 126 cm³/mol. The van der Waals surface area contributed by atoms with Crippen LogP contribution < -0.4 is 0 Å². The first-order valence-electron chi connectivity index (χ1n) is 11.1. The zero-order valence-corrected chi connectivity index (χ0v) is 19.8. The molecule has 1 unspecified atom stereocenters. The Morgan fingerprint density at radius 1 is 1.00 bits per heavy atom. The van der Waals surface area contributed by atoms with Gasteiger partial charge < -0.3 is 19.1 Å². The minimum atomic E-state index is -2.69. The summed E-state index contributed by atoms with van der Waals surface area (Å²) in [6, 6.07) is 18.9. The maximum Gasteiger partial charge on any atom is 0.266 e. The molecule has 178 valence electrons. The van der Waals surface area contributed by atoms with Gasteiger partial charge in [0.2, 0.25) is 0 Å². The van der Waals surface area contributed by atoms with Crippen LogP contribution >= 0.6 is 11.8 Å². The van der Waals surface area contributed by atoms with Crippen molar-refractivity contribution in [2.75, 3.05) is 14.1 Å². The summed E-state index contributed by atoms with van der Waals surface area (Å²) in [4.78, 5) is 6.73. The molecule has 6 atom stereocenters. The number of hydrogen-bond donors (Lipinski definition) is 0. The van der Waals surface area contributed by atoms with Gasteiger partial charge in [0.1, 0.15) is 17.6 Å². The fraction of sp³-hybridized carbons (Fsp3) is 0.480. The van der Waals surface area contributed by atoms with Gasteiger partial charge in [-0.3, -0.25) is 4.99 Å². The van der Waals surface area contributed by atoms with Gasteiger partial charge in [0.25, 0.3) is 6.43 Å². The first-order chi connectivity index (χ1) is 15.9. The average Bonchev–Trinajstić information content (AvgIpc) is 3.24. The van der Waals surface area contributed by atoms with Crippen LogP contribution in [0.1, 0.15) is 18.1 Å². The number of halogens is 2. The maximum absolute atomic E-state index is 14.2. The molecule has 33 heavy (non-hydrogen) atoms. The van der Waals surface area contributed by atoms with E-state index in [-0.39, 0.29) is 24.7 Å². The number of benzene rings is 2. The molecule has 4 rings (SSSR count). The minimum Gasteiger partial charge on any atom is -0.371 e. The fourth-order valence-corrected chi connectivity index (χ4v) is 5.34. The average molecular weight is 477 g/mol. The number of rotatable bonds is 8. The predicted octanol–water partition coefficient (Wildman–Crippen LogP) is 4.82. The number of thioether (sulfide) groups is 1. The SMILES string of the molecule is C[C@H]1[C@H](OCc2ccccc2)[C@H]2N=C(N(C)C)S[C@H]2O[C@@H]1C(OCc1ccccc1)C(F)F. The van der Waals surface area contributed by atoms with Crippen molar-refractivity contribution in [3.63, 3.8) is 0 Å². The van der Waals surface area contributed by atoms with E-state index in [0.29, 0.717) is 6.61 Å². The minimum absolute atomic E-state index is 0.0959. The highest BCUT2D eigenvalue weighted by molar-refractivity contribution is 8.14. The van der Waals surface area contributed by atoms with E-state index < -0.39 is 24.1 Å². The molecular weight excluding hydrogens is 446 g/mol. The van der Waals surface area contributed by atoms with Gasteiger partial charge in [-0.1, -0.05) is 79.3 Å². The third-order valence-corrected chi connectivity index (χ3v) is 7.25. The van der Waals surface area contributed by atoms with Crippen molar-refractivity contribution >= 4 is 16.9 Å². The van der Waals surface area contributed by atoms with Gasteiger partial charge in [-0.05, 0) is 11.1 Å². The van der Waals surface area contributed by atoms with Crippen LogP contribution in [0.5, 0.6) is 0 Å². The second kappa shape index (κ2) is 11.0. The van der Waals surface area contributed by atoms with Crippen molar-refractivity contribution < 1.29 is 23.0 Å². The highest BCUT2D eigenvalue weighted by Gasteiger charge is 2.52.